The first-order valence-corrected chi connectivity index (χ1v) is 5.53. The molecule has 1 heterocycles. The van der Waals surface area contributed by atoms with Crippen molar-refractivity contribution in [1.29, 1.82) is 0 Å². The van der Waals surface area contributed by atoms with Crippen molar-refractivity contribution >= 4 is 11.8 Å². The molecular formula is C13H9F2N3O2. The molecule has 20 heavy (non-hydrogen) atoms. The molecule has 2 amide bonds. The van der Waals surface area contributed by atoms with Crippen LogP contribution in [0.25, 0.3) is 0 Å². The summed E-state index contributed by atoms with van der Waals surface area (Å²) in [5, 5.41) is 0. The second-order valence-corrected chi connectivity index (χ2v) is 3.77. The van der Waals surface area contributed by atoms with Crippen molar-refractivity contribution in [2.45, 2.75) is 0 Å². The van der Waals surface area contributed by atoms with Gasteiger partial charge in [0.2, 0.25) is 0 Å². The third kappa shape index (κ3) is 3.14. The molecule has 2 rings (SSSR count). The standard InChI is InChI=1S/C13H9F2N3O2/c14-9-1-2-10(11(15)7-9)13(20)18-17-12(19)8-3-5-16-6-4-8/h1-7H,(H,17,19)(H,18,20). The third-order valence-electron chi connectivity index (χ3n) is 2.41. The van der Waals surface area contributed by atoms with E-state index in [2.05, 4.69) is 10.4 Å². The van der Waals surface area contributed by atoms with Crippen LogP contribution >= 0.6 is 0 Å². The highest BCUT2D eigenvalue weighted by Gasteiger charge is 2.13. The van der Waals surface area contributed by atoms with Gasteiger partial charge in [-0.15, -0.1) is 0 Å². The van der Waals surface area contributed by atoms with Gasteiger partial charge in [0.1, 0.15) is 11.6 Å². The SMILES string of the molecule is O=C(NNC(=O)c1ccc(F)cc1F)c1ccncc1. The molecule has 0 aliphatic rings. The van der Waals surface area contributed by atoms with Crippen LogP contribution in [0.1, 0.15) is 20.7 Å². The van der Waals surface area contributed by atoms with E-state index in [1.165, 1.54) is 24.5 Å². The minimum Gasteiger partial charge on any atom is -0.267 e. The molecule has 0 atom stereocenters. The van der Waals surface area contributed by atoms with Gasteiger partial charge in [-0.2, -0.15) is 0 Å². The Hall–Kier alpha value is -2.83. The minimum atomic E-state index is -1.01. The van der Waals surface area contributed by atoms with Gasteiger partial charge in [-0.3, -0.25) is 25.4 Å². The Bertz CT molecular complexity index is 647. The summed E-state index contributed by atoms with van der Waals surface area (Å²) in [6.45, 7) is 0. The quantitative estimate of drug-likeness (QED) is 0.816. The van der Waals surface area contributed by atoms with Crippen LogP contribution in [0.15, 0.2) is 42.7 Å². The van der Waals surface area contributed by atoms with Gasteiger partial charge in [-0.1, -0.05) is 0 Å². The molecule has 0 radical (unpaired) electrons. The zero-order valence-corrected chi connectivity index (χ0v) is 10.1. The maximum atomic E-state index is 13.3. The normalized spacial score (nSPS) is 9.90. The van der Waals surface area contributed by atoms with Gasteiger partial charge in [-0.05, 0) is 24.3 Å². The van der Waals surface area contributed by atoms with Gasteiger partial charge in [0, 0.05) is 24.0 Å². The van der Waals surface area contributed by atoms with Crippen LogP contribution < -0.4 is 10.9 Å². The van der Waals surface area contributed by atoms with E-state index in [4.69, 9.17) is 0 Å². The van der Waals surface area contributed by atoms with E-state index >= 15 is 0 Å². The smallest absolute Gasteiger partial charge is 0.267 e. The van der Waals surface area contributed by atoms with Crippen LogP contribution in [0.4, 0.5) is 8.78 Å². The fourth-order valence-corrected chi connectivity index (χ4v) is 1.43. The van der Waals surface area contributed by atoms with Gasteiger partial charge >= 0.3 is 0 Å². The summed E-state index contributed by atoms with van der Waals surface area (Å²) in [7, 11) is 0. The Morgan fingerprint density at radius 2 is 1.60 bits per heavy atom. The number of nitrogens with one attached hydrogen (secondary N) is 2. The molecule has 7 heteroatoms. The number of rotatable bonds is 2. The van der Waals surface area contributed by atoms with E-state index in [0.717, 1.165) is 12.1 Å². The molecule has 102 valence electrons. The lowest BCUT2D eigenvalue weighted by Gasteiger charge is -2.07. The Kier molecular flexibility index (Phi) is 3.99. The van der Waals surface area contributed by atoms with Gasteiger partial charge in [-0.25, -0.2) is 8.78 Å². The molecule has 0 unspecified atom stereocenters. The van der Waals surface area contributed by atoms with E-state index in [0.29, 0.717) is 6.07 Å². The average molecular weight is 277 g/mol. The average Bonchev–Trinajstić information content (AvgIpc) is 2.45. The van der Waals surface area contributed by atoms with E-state index in [1.807, 2.05) is 5.43 Å². The highest BCUT2D eigenvalue weighted by atomic mass is 19.1. The summed E-state index contributed by atoms with van der Waals surface area (Å²) in [6.07, 6.45) is 2.83. The van der Waals surface area contributed by atoms with Crippen LogP contribution in [0.2, 0.25) is 0 Å². The molecule has 5 nitrogen and oxygen atoms in total. The number of carbonyl (C=O) groups is 2. The first-order chi connectivity index (χ1) is 9.58. The molecule has 0 bridgehead atoms. The summed E-state index contributed by atoms with van der Waals surface area (Å²) in [6, 6.07) is 5.40. The van der Waals surface area contributed by atoms with Gasteiger partial charge in [0.25, 0.3) is 11.8 Å². The first kappa shape index (κ1) is 13.6. The molecular weight excluding hydrogens is 268 g/mol. The maximum Gasteiger partial charge on any atom is 0.272 e. The summed E-state index contributed by atoms with van der Waals surface area (Å²) in [5.74, 6) is -3.27. The number of benzene rings is 1. The van der Waals surface area contributed by atoms with Crippen LogP contribution in [0.3, 0.4) is 0 Å². The van der Waals surface area contributed by atoms with Crippen molar-refractivity contribution in [3.8, 4) is 0 Å². The van der Waals surface area contributed by atoms with Crippen LogP contribution in [-0.4, -0.2) is 16.8 Å². The highest BCUT2D eigenvalue weighted by molar-refractivity contribution is 5.99. The lowest BCUT2D eigenvalue weighted by molar-refractivity contribution is 0.0844. The Balaban J connectivity index is 2.00. The predicted octanol–water partition coefficient (Wildman–Crippen LogP) is 1.43. The van der Waals surface area contributed by atoms with Crippen molar-refractivity contribution in [2.75, 3.05) is 0 Å². The summed E-state index contributed by atoms with van der Waals surface area (Å²) in [5.41, 5.74) is 4.05. The molecule has 2 aromatic rings. The lowest BCUT2D eigenvalue weighted by atomic mass is 10.2. The minimum absolute atomic E-state index is 0.278. The number of halogens is 2. The van der Waals surface area contributed by atoms with E-state index < -0.39 is 23.4 Å². The van der Waals surface area contributed by atoms with Crippen molar-refractivity contribution in [1.82, 2.24) is 15.8 Å². The second-order valence-electron chi connectivity index (χ2n) is 3.77. The molecule has 0 aliphatic heterocycles. The van der Waals surface area contributed by atoms with Gasteiger partial charge < -0.3 is 0 Å². The zero-order valence-electron chi connectivity index (χ0n) is 10.1. The van der Waals surface area contributed by atoms with Crippen LogP contribution in [0, 0.1) is 11.6 Å². The number of aromatic nitrogens is 1. The van der Waals surface area contributed by atoms with Crippen molar-refractivity contribution in [3.63, 3.8) is 0 Å². The maximum absolute atomic E-state index is 13.3. The highest BCUT2D eigenvalue weighted by Crippen LogP contribution is 2.08. The number of pyridine rings is 1. The number of hydrazine groups is 1. The molecule has 0 saturated heterocycles. The number of carbonyl (C=O) groups excluding carboxylic acids is 2. The molecule has 0 aliphatic carbocycles. The summed E-state index contributed by atoms with van der Waals surface area (Å²) in [4.78, 5) is 27.0. The topological polar surface area (TPSA) is 71.1 Å². The molecule has 1 aromatic carbocycles. The predicted molar refractivity (Wildman–Crippen MR) is 65.5 cm³/mol. The molecule has 2 N–H and O–H groups in total. The fourth-order valence-electron chi connectivity index (χ4n) is 1.43. The molecule has 1 aromatic heterocycles. The van der Waals surface area contributed by atoms with Crippen molar-refractivity contribution in [3.05, 3.63) is 65.5 Å². The first-order valence-electron chi connectivity index (χ1n) is 5.53. The third-order valence-corrected chi connectivity index (χ3v) is 2.41. The fraction of sp³-hybridized carbons (Fsp3) is 0. The molecule has 0 saturated carbocycles. The van der Waals surface area contributed by atoms with Crippen LogP contribution in [0.5, 0.6) is 0 Å². The Morgan fingerprint density at radius 1 is 0.950 bits per heavy atom. The van der Waals surface area contributed by atoms with Gasteiger partial charge in [0.15, 0.2) is 0 Å². The van der Waals surface area contributed by atoms with E-state index in [9.17, 15) is 18.4 Å². The Labute approximate surface area is 112 Å². The summed E-state index contributed by atoms with van der Waals surface area (Å²) >= 11 is 0. The lowest BCUT2D eigenvalue weighted by Crippen LogP contribution is -2.41. The number of hydrogen-bond donors (Lipinski definition) is 2. The number of amides is 2. The second kappa shape index (κ2) is 5.87. The van der Waals surface area contributed by atoms with E-state index in [-0.39, 0.29) is 11.1 Å². The Morgan fingerprint density at radius 3 is 2.25 bits per heavy atom. The largest absolute Gasteiger partial charge is 0.272 e. The van der Waals surface area contributed by atoms with Crippen molar-refractivity contribution in [2.24, 2.45) is 0 Å². The van der Waals surface area contributed by atoms with E-state index in [1.54, 1.807) is 0 Å². The number of nitrogens with zero attached hydrogens (tertiary/aromatic N) is 1. The van der Waals surface area contributed by atoms with Crippen LogP contribution in [-0.2, 0) is 0 Å². The van der Waals surface area contributed by atoms with Gasteiger partial charge in [0.05, 0.1) is 5.56 Å². The molecule has 0 fully saturated rings. The summed E-state index contributed by atoms with van der Waals surface area (Å²) < 4.78 is 26.0. The van der Waals surface area contributed by atoms with Crippen molar-refractivity contribution < 1.29 is 18.4 Å². The zero-order chi connectivity index (χ0) is 14.5. The number of hydrogen-bond acceptors (Lipinski definition) is 3. The monoisotopic (exact) mass is 277 g/mol. The molecule has 0 spiro atoms.